The van der Waals surface area contributed by atoms with Crippen molar-refractivity contribution in [3.05, 3.63) is 113 Å². The van der Waals surface area contributed by atoms with E-state index in [9.17, 15) is 4.79 Å². The van der Waals surface area contributed by atoms with E-state index in [1.807, 2.05) is 86.6 Å². The molecule has 1 fully saturated rings. The predicted octanol–water partition coefficient (Wildman–Crippen LogP) is 3.93. The molecule has 1 aliphatic rings. The average molecular weight is 640 g/mol. The maximum Gasteiger partial charge on any atom is 0.350 e. The minimum atomic E-state index is -1.01. The van der Waals surface area contributed by atoms with Crippen LogP contribution in [0.4, 0.5) is 11.4 Å². The van der Waals surface area contributed by atoms with Gasteiger partial charge in [0, 0.05) is 42.1 Å². The maximum absolute atomic E-state index is 12.7. The molecule has 6 rings (SSSR count). The lowest BCUT2D eigenvalue weighted by atomic mass is 10.1. The second-order valence-electron chi connectivity index (χ2n) is 11.5. The fourth-order valence-corrected chi connectivity index (χ4v) is 5.47. The monoisotopic (exact) mass is 639 g/mol. The Morgan fingerprint density at radius 2 is 1.72 bits per heavy atom. The number of hydrogen-bond acceptors (Lipinski definition) is 10. The molecule has 2 aromatic heterocycles. The van der Waals surface area contributed by atoms with E-state index in [-0.39, 0.29) is 17.8 Å². The molecule has 1 saturated heterocycles. The second kappa shape index (κ2) is 14.6. The molecule has 3 aromatic carbocycles. The summed E-state index contributed by atoms with van der Waals surface area (Å²) in [6, 6.07) is 23.5. The van der Waals surface area contributed by atoms with Crippen LogP contribution in [0.3, 0.4) is 0 Å². The number of hydrogen-bond donors (Lipinski definition) is 3. The minimum absolute atomic E-state index is 0.0571. The Balaban J connectivity index is 0.994. The third-order valence-electron chi connectivity index (χ3n) is 8.22. The SMILES string of the molecule is CCC(C)n1ncn(-c2ccc(NCCNc3ccc(OC[C@@H]4CO[C@@](Cn5nccn5)(c5ccccc5)O4)c(CN)c3)cc2)c1=O. The molecule has 47 heavy (non-hydrogen) atoms. The van der Waals surface area contributed by atoms with E-state index in [0.29, 0.717) is 45.1 Å². The highest BCUT2D eigenvalue weighted by Crippen LogP contribution is 2.36. The van der Waals surface area contributed by atoms with Crippen LogP contribution >= 0.6 is 0 Å². The van der Waals surface area contributed by atoms with Crippen molar-refractivity contribution in [1.29, 1.82) is 0 Å². The third kappa shape index (κ3) is 7.38. The Morgan fingerprint density at radius 3 is 2.45 bits per heavy atom. The summed E-state index contributed by atoms with van der Waals surface area (Å²) in [4.78, 5) is 14.3. The quantitative estimate of drug-likeness (QED) is 0.144. The summed E-state index contributed by atoms with van der Waals surface area (Å²) in [5, 5.41) is 19.6. The summed E-state index contributed by atoms with van der Waals surface area (Å²) < 4.78 is 22.0. The Labute approximate surface area is 273 Å². The number of ether oxygens (including phenoxy) is 3. The highest BCUT2D eigenvalue weighted by Gasteiger charge is 2.44. The van der Waals surface area contributed by atoms with Crippen molar-refractivity contribution >= 4 is 11.4 Å². The first-order chi connectivity index (χ1) is 23.0. The predicted molar refractivity (Wildman–Crippen MR) is 179 cm³/mol. The van der Waals surface area contributed by atoms with E-state index in [0.717, 1.165) is 34.6 Å². The summed E-state index contributed by atoms with van der Waals surface area (Å²) in [6.07, 6.45) is 5.38. The highest BCUT2D eigenvalue weighted by molar-refractivity contribution is 5.52. The van der Waals surface area contributed by atoms with Gasteiger partial charge in [-0.1, -0.05) is 37.3 Å². The first kappa shape index (κ1) is 32.0. The van der Waals surface area contributed by atoms with Gasteiger partial charge in [-0.05, 0) is 55.8 Å². The fraction of sp³-hybridized carbons (Fsp3) is 0.353. The van der Waals surface area contributed by atoms with Crippen molar-refractivity contribution in [1.82, 2.24) is 29.3 Å². The van der Waals surface area contributed by atoms with Crippen molar-refractivity contribution in [2.45, 2.75) is 51.3 Å². The van der Waals surface area contributed by atoms with Crippen LogP contribution in [0, 0.1) is 0 Å². The smallest absolute Gasteiger partial charge is 0.350 e. The van der Waals surface area contributed by atoms with E-state index in [1.165, 1.54) is 4.68 Å². The number of benzene rings is 3. The van der Waals surface area contributed by atoms with Gasteiger partial charge in [0.1, 0.15) is 31.3 Å². The van der Waals surface area contributed by atoms with E-state index >= 15 is 0 Å². The summed E-state index contributed by atoms with van der Waals surface area (Å²) >= 11 is 0. The van der Waals surface area contributed by atoms with Crippen LogP contribution in [-0.4, -0.2) is 61.7 Å². The van der Waals surface area contributed by atoms with Gasteiger partial charge in [-0.3, -0.25) is 0 Å². The molecule has 0 amide bonds. The van der Waals surface area contributed by atoms with Crippen LogP contribution in [0.2, 0.25) is 0 Å². The molecule has 0 aliphatic carbocycles. The zero-order valence-corrected chi connectivity index (χ0v) is 26.7. The fourth-order valence-electron chi connectivity index (χ4n) is 5.47. The Kier molecular flexibility index (Phi) is 9.95. The first-order valence-electron chi connectivity index (χ1n) is 15.9. The Hall–Kier alpha value is -4.98. The van der Waals surface area contributed by atoms with Crippen molar-refractivity contribution in [3.63, 3.8) is 0 Å². The van der Waals surface area contributed by atoms with E-state index in [4.69, 9.17) is 19.9 Å². The summed E-state index contributed by atoms with van der Waals surface area (Å²) in [7, 11) is 0. The van der Waals surface area contributed by atoms with Crippen LogP contribution in [0.25, 0.3) is 5.69 Å². The van der Waals surface area contributed by atoms with Crippen LogP contribution in [0.15, 0.2) is 96.3 Å². The minimum Gasteiger partial charge on any atom is -0.490 e. The van der Waals surface area contributed by atoms with E-state index in [1.54, 1.807) is 28.1 Å². The summed E-state index contributed by atoms with van der Waals surface area (Å²) in [5.74, 6) is -0.300. The van der Waals surface area contributed by atoms with E-state index in [2.05, 4.69) is 25.9 Å². The molecular formula is C34H41N9O4. The maximum atomic E-state index is 12.7. The van der Waals surface area contributed by atoms with Gasteiger partial charge in [0.25, 0.3) is 0 Å². The molecule has 3 atom stereocenters. The Bertz CT molecular complexity index is 1770. The topological polar surface area (TPSA) is 148 Å². The van der Waals surface area contributed by atoms with Gasteiger partial charge in [-0.2, -0.15) is 20.1 Å². The van der Waals surface area contributed by atoms with Crippen LogP contribution in [-0.2, 0) is 28.4 Å². The van der Waals surface area contributed by atoms with Gasteiger partial charge >= 0.3 is 5.69 Å². The lowest BCUT2D eigenvalue weighted by molar-refractivity contribution is -0.192. The lowest BCUT2D eigenvalue weighted by Gasteiger charge is -2.28. The van der Waals surface area contributed by atoms with Gasteiger partial charge in [-0.15, -0.1) is 0 Å². The number of anilines is 2. The van der Waals surface area contributed by atoms with Gasteiger partial charge in [0.2, 0.25) is 5.79 Å². The van der Waals surface area contributed by atoms with Crippen molar-refractivity contribution in [2.75, 3.05) is 36.9 Å². The zero-order valence-electron chi connectivity index (χ0n) is 26.7. The first-order valence-corrected chi connectivity index (χ1v) is 15.9. The van der Waals surface area contributed by atoms with Crippen molar-refractivity contribution in [3.8, 4) is 11.4 Å². The highest BCUT2D eigenvalue weighted by atomic mass is 16.8. The van der Waals surface area contributed by atoms with Gasteiger partial charge in [-0.25, -0.2) is 14.0 Å². The molecule has 0 radical (unpaired) electrons. The molecule has 246 valence electrons. The molecule has 0 spiro atoms. The molecule has 3 heterocycles. The van der Waals surface area contributed by atoms with Gasteiger partial charge < -0.3 is 30.6 Å². The number of nitrogens with two attached hydrogens (primary N) is 1. The normalized spacial score (nSPS) is 18.2. The van der Waals surface area contributed by atoms with Crippen LogP contribution in [0.1, 0.15) is 37.4 Å². The molecule has 0 saturated carbocycles. The molecule has 1 aliphatic heterocycles. The molecule has 5 aromatic rings. The summed E-state index contributed by atoms with van der Waals surface area (Å²) in [6.45, 7) is 6.72. The standard InChI is InChI=1S/C34H41N9O4/c1-3-25(2)43-33(44)41(24-40-43)30-12-9-28(10-13-30)36-15-16-37-29-11-14-32(26(19-29)20-35)45-21-31-22-46-34(47-31,23-42-38-17-18-39-42)27-7-5-4-6-8-27/h4-14,17-19,24-25,31,36-37H,3,15-16,20-23,35H2,1-2H3/t25?,31-,34-/m1/s1. The Morgan fingerprint density at radius 1 is 1.00 bits per heavy atom. The van der Waals surface area contributed by atoms with E-state index < -0.39 is 5.79 Å². The average Bonchev–Trinajstić information content (AvgIpc) is 3.87. The molecule has 4 N–H and O–H groups in total. The zero-order chi connectivity index (χ0) is 32.6. The van der Waals surface area contributed by atoms with Crippen molar-refractivity contribution < 1.29 is 14.2 Å². The number of rotatable bonds is 15. The van der Waals surface area contributed by atoms with Gasteiger partial charge in [0.05, 0.1) is 30.7 Å². The molecule has 13 heteroatoms. The third-order valence-corrected chi connectivity index (χ3v) is 8.22. The number of nitrogens with one attached hydrogen (secondary N) is 2. The lowest BCUT2D eigenvalue weighted by Crippen LogP contribution is -2.35. The number of aromatic nitrogens is 6. The molecule has 0 bridgehead atoms. The second-order valence-corrected chi connectivity index (χ2v) is 11.5. The molecular weight excluding hydrogens is 598 g/mol. The molecule has 13 nitrogen and oxygen atoms in total. The van der Waals surface area contributed by atoms with Crippen LogP contribution in [0.5, 0.6) is 5.75 Å². The van der Waals surface area contributed by atoms with Crippen molar-refractivity contribution in [2.24, 2.45) is 5.73 Å². The number of nitrogens with zero attached hydrogens (tertiary/aromatic N) is 6. The largest absolute Gasteiger partial charge is 0.490 e. The van der Waals surface area contributed by atoms with Gasteiger partial charge in [0.15, 0.2) is 0 Å². The van der Waals surface area contributed by atoms with Crippen LogP contribution < -0.4 is 26.8 Å². The summed E-state index contributed by atoms with van der Waals surface area (Å²) in [5.41, 5.74) is 10.4. The molecule has 1 unspecified atom stereocenters.